The second kappa shape index (κ2) is 16.1. The van der Waals surface area contributed by atoms with Gasteiger partial charge in [0.15, 0.2) is 0 Å². The third-order valence-electron chi connectivity index (χ3n) is 7.07. The van der Waals surface area contributed by atoms with Crippen molar-refractivity contribution in [2.75, 3.05) is 0 Å². The molecule has 2 heterocycles. The van der Waals surface area contributed by atoms with Crippen molar-refractivity contribution >= 4 is 69.9 Å². The zero-order valence-corrected chi connectivity index (χ0v) is 29.5. The molecule has 0 aliphatic rings. The van der Waals surface area contributed by atoms with Gasteiger partial charge < -0.3 is 0 Å². The monoisotopic (exact) mass is 670 g/mol. The summed E-state index contributed by atoms with van der Waals surface area (Å²) in [5.74, 6) is 0. The molecule has 0 nitrogen and oxygen atoms in total. The minimum atomic E-state index is 1.36. The Morgan fingerprint density at radius 3 is 1.19 bits per heavy atom. The SMILES string of the molecule is Cc1[cH-]c2c(sc3ccccc32)c1C.Cc1[cH-]c2c(sc3ccccc32)c1C.[Si]=[Zr].[c-]1ccccc1.[c-]1ccccc1. The second-order valence-corrected chi connectivity index (χ2v) is 11.8. The van der Waals surface area contributed by atoms with Crippen LogP contribution in [-0.4, -0.2) is 6.88 Å². The van der Waals surface area contributed by atoms with Crippen molar-refractivity contribution in [1.82, 2.24) is 0 Å². The zero-order valence-electron chi connectivity index (χ0n) is 24.4. The molecule has 0 spiro atoms. The molecule has 0 fully saturated rings. The van der Waals surface area contributed by atoms with Gasteiger partial charge in [-0.15, -0.1) is 45.2 Å². The number of hydrogen-bond acceptors (Lipinski definition) is 2. The Morgan fingerprint density at radius 2 is 0.881 bits per heavy atom. The van der Waals surface area contributed by atoms with Crippen LogP contribution < -0.4 is 0 Å². The van der Waals surface area contributed by atoms with Crippen molar-refractivity contribution in [3.63, 3.8) is 0 Å². The van der Waals surface area contributed by atoms with E-state index in [2.05, 4.69) is 107 Å². The molecule has 6 aromatic carbocycles. The number of fused-ring (bicyclic) bond motifs is 6. The molecule has 0 aliphatic heterocycles. The standard InChI is InChI=1S/2C13H11S.2C6H5.Si.Zr/c2*1-8-7-11-10-5-3-4-6-12(10)14-13(11)9(8)2;2*1-2-4-6-5-3-1;;/h2*3-7H,1-2H3;2*1-5H;;/q4*-1;;. The van der Waals surface area contributed by atoms with Crippen LogP contribution in [0.4, 0.5) is 0 Å². The van der Waals surface area contributed by atoms with Gasteiger partial charge in [-0.3, -0.25) is 0 Å². The number of aryl methyl sites for hydroxylation is 4. The Kier molecular flexibility index (Phi) is 12.3. The van der Waals surface area contributed by atoms with Crippen molar-refractivity contribution < 1.29 is 23.3 Å². The van der Waals surface area contributed by atoms with Gasteiger partial charge in [-0.1, -0.05) is 96.4 Å². The Balaban J connectivity index is 0.000000135. The van der Waals surface area contributed by atoms with Crippen molar-refractivity contribution in [3.05, 3.63) is 156 Å². The number of rotatable bonds is 0. The maximum atomic E-state index is 3.06. The van der Waals surface area contributed by atoms with Crippen molar-refractivity contribution in [1.29, 1.82) is 0 Å². The Labute approximate surface area is 274 Å². The molecule has 8 aromatic rings. The molecule has 2 radical (unpaired) electrons. The third kappa shape index (κ3) is 7.74. The van der Waals surface area contributed by atoms with Gasteiger partial charge in [0.2, 0.25) is 0 Å². The molecule has 0 bridgehead atoms. The molecule has 0 saturated carbocycles. The summed E-state index contributed by atoms with van der Waals surface area (Å²) in [6.45, 7) is 11.9. The third-order valence-corrected chi connectivity index (χ3v) is 9.68. The summed E-state index contributed by atoms with van der Waals surface area (Å²) < 4.78 is 5.73. The predicted octanol–water partition coefficient (Wildman–Crippen LogP) is 11.4. The van der Waals surface area contributed by atoms with E-state index in [1.165, 1.54) is 85.9 Å². The first-order chi connectivity index (χ1) is 20.5. The molecule has 0 N–H and O–H groups in total. The maximum absolute atomic E-state index is 3.06. The molecule has 0 atom stereocenters. The van der Waals surface area contributed by atoms with Crippen LogP contribution in [0.15, 0.2) is 121 Å². The fourth-order valence-corrected chi connectivity index (χ4v) is 7.16. The van der Waals surface area contributed by atoms with Crippen molar-refractivity contribution in [3.8, 4) is 0 Å². The molecule has 42 heavy (non-hydrogen) atoms. The van der Waals surface area contributed by atoms with Crippen LogP contribution in [0.3, 0.4) is 0 Å². The first-order valence-corrected chi connectivity index (χ1v) is 19.5. The molecule has 4 heteroatoms. The van der Waals surface area contributed by atoms with Gasteiger partial charge >= 0.3 is 30.2 Å². The molecule has 0 amide bonds. The van der Waals surface area contributed by atoms with Gasteiger partial charge in [-0.2, -0.15) is 72.8 Å². The van der Waals surface area contributed by atoms with Gasteiger partial charge in [-0.05, 0) is 9.40 Å². The average Bonchev–Trinajstić information content (AvgIpc) is 3.77. The molecule has 0 saturated heterocycles. The Bertz CT molecular complexity index is 1760. The Morgan fingerprint density at radius 1 is 0.524 bits per heavy atom. The smallest absolute Gasteiger partial charge is 0.171 e. The first kappa shape index (κ1) is 32.0. The molecule has 0 aliphatic carbocycles. The van der Waals surface area contributed by atoms with Gasteiger partial charge in [0, 0.05) is 0 Å². The van der Waals surface area contributed by atoms with Crippen LogP contribution in [0, 0.1) is 39.8 Å². The summed E-state index contributed by atoms with van der Waals surface area (Å²) in [7, 11) is 0. The zero-order chi connectivity index (χ0) is 29.9. The van der Waals surface area contributed by atoms with E-state index < -0.39 is 0 Å². The summed E-state index contributed by atoms with van der Waals surface area (Å²) in [6.07, 6.45) is 0. The van der Waals surface area contributed by atoms with E-state index in [0.717, 1.165) is 0 Å². The minimum Gasteiger partial charge on any atom is -0.184 e. The van der Waals surface area contributed by atoms with Gasteiger partial charge in [0.05, 0.1) is 0 Å². The summed E-state index contributed by atoms with van der Waals surface area (Å²) in [4.78, 5) is 0. The molecule has 2 aromatic heterocycles. The van der Waals surface area contributed by atoms with E-state index in [4.69, 9.17) is 0 Å². The van der Waals surface area contributed by atoms with Gasteiger partial charge in [-0.25, -0.2) is 22.7 Å². The van der Waals surface area contributed by atoms with Crippen LogP contribution in [-0.2, 0) is 23.3 Å². The van der Waals surface area contributed by atoms with Crippen LogP contribution in [0.5, 0.6) is 0 Å². The van der Waals surface area contributed by atoms with E-state index in [0.29, 0.717) is 0 Å². The van der Waals surface area contributed by atoms with Crippen LogP contribution in [0.1, 0.15) is 22.3 Å². The van der Waals surface area contributed by atoms with Gasteiger partial charge in [0.25, 0.3) is 0 Å². The fraction of sp³-hybridized carbons (Fsp3) is 0.105. The molecule has 0 unspecified atom stereocenters. The Hall–Kier alpha value is -2.88. The molecular formula is C38H32S2SiZr-4. The largest absolute Gasteiger partial charge is 0.184 e. The van der Waals surface area contributed by atoms with Crippen LogP contribution in [0.25, 0.3) is 40.3 Å². The second-order valence-electron chi connectivity index (χ2n) is 9.74. The normalized spacial score (nSPS) is 10.1. The molecule has 208 valence electrons. The van der Waals surface area contributed by atoms with E-state index in [1.807, 2.05) is 83.3 Å². The van der Waals surface area contributed by atoms with Crippen molar-refractivity contribution in [2.45, 2.75) is 27.7 Å². The van der Waals surface area contributed by atoms with Crippen LogP contribution >= 0.6 is 22.7 Å². The maximum Gasteiger partial charge on any atom is -0.171 e. The number of benzene rings is 4. The average molecular weight is 672 g/mol. The topological polar surface area (TPSA) is 0 Å². The molecule has 8 rings (SSSR count). The minimum absolute atomic E-state index is 1.36. The summed E-state index contributed by atoms with van der Waals surface area (Å²) in [5, 5.41) is 5.67. The fourth-order valence-electron chi connectivity index (χ4n) is 4.67. The van der Waals surface area contributed by atoms with Crippen LogP contribution in [0.2, 0.25) is 0 Å². The van der Waals surface area contributed by atoms with E-state index >= 15 is 0 Å². The summed E-state index contributed by atoms with van der Waals surface area (Å²) in [6, 6.07) is 46.9. The summed E-state index contributed by atoms with van der Waals surface area (Å²) in [5.41, 5.74) is 5.72. The quantitative estimate of drug-likeness (QED) is 0.111. The summed E-state index contributed by atoms with van der Waals surface area (Å²) >= 11 is 5.17. The number of thiophene rings is 2. The van der Waals surface area contributed by atoms with Crippen molar-refractivity contribution in [2.24, 2.45) is 0 Å². The van der Waals surface area contributed by atoms with Gasteiger partial charge in [0.1, 0.15) is 0 Å². The van der Waals surface area contributed by atoms with E-state index in [9.17, 15) is 0 Å². The van der Waals surface area contributed by atoms with E-state index in [1.54, 1.807) is 0 Å². The molecular weight excluding hydrogens is 640 g/mol. The first-order valence-electron chi connectivity index (χ1n) is 13.7. The van der Waals surface area contributed by atoms with E-state index in [-0.39, 0.29) is 0 Å². The predicted molar refractivity (Wildman–Crippen MR) is 185 cm³/mol. The number of hydrogen-bond donors (Lipinski definition) is 0.